The van der Waals surface area contributed by atoms with Crippen molar-refractivity contribution in [1.29, 1.82) is 0 Å². The highest BCUT2D eigenvalue weighted by Gasteiger charge is 2.12. The topological polar surface area (TPSA) is 101 Å². The third kappa shape index (κ3) is 4.05. The number of benzene rings is 1. The van der Waals surface area contributed by atoms with Gasteiger partial charge in [0.25, 0.3) is 0 Å². The van der Waals surface area contributed by atoms with Crippen molar-refractivity contribution in [1.82, 2.24) is 14.7 Å². The molecule has 0 aliphatic heterocycles. The van der Waals surface area contributed by atoms with Crippen molar-refractivity contribution in [3.63, 3.8) is 0 Å². The molecule has 0 saturated carbocycles. The Labute approximate surface area is 129 Å². The molecule has 0 radical (unpaired) electrons. The number of hydrogen-bond donors (Lipinski definition) is 2. The van der Waals surface area contributed by atoms with E-state index in [1.54, 1.807) is 18.2 Å². The lowest BCUT2D eigenvalue weighted by atomic mass is 10.2. The number of carbonyl (C=O) groups is 1. The Morgan fingerprint density at radius 3 is 2.86 bits per heavy atom. The van der Waals surface area contributed by atoms with Crippen LogP contribution in [0.5, 0.6) is 0 Å². The fraction of sp³-hybridized carbons (Fsp3) is 0.429. The fourth-order valence-electron chi connectivity index (χ4n) is 1.98. The number of H-pyrrole nitrogens is 1. The molecule has 1 aromatic heterocycles. The van der Waals surface area contributed by atoms with Crippen molar-refractivity contribution in [3.05, 3.63) is 29.6 Å². The number of imidazole rings is 1. The van der Waals surface area contributed by atoms with Crippen LogP contribution < -0.4 is 4.72 Å². The molecule has 0 spiro atoms. The largest absolute Gasteiger partial charge is 0.465 e. The first-order valence-corrected chi connectivity index (χ1v) is 8.64. The molecular formula is C14H19N3O4S. The summed E-state index contributed by atoms with van der Waals surface area (Å²) >= 11 is 0. The summed E-state index contributed by atoms with van der Waals surface area (Å²) in [6.07, 6.45) is 1.44. The number of methoxy groups -OCH3 is 1. The average molecular weight is 325 g/mol. The zero-order valence-electron chi connectivity index (χ0n) is 12.5. The number of aromatic amines is 1. The lowest BCUT2D eigenvalue weighted by molar-refractivity contribution is 0.0601. The maximum Gasteiger partial charge on any atom is 0.337 e. The van der Waals surface area contributed by atoms with Crippen LogP contribution in [0.4, 0.5) is 0 Å². The molecule has 2 aromatic rings. The second kappa shape index (κ2) is 6.89. The Kier molecular flexibility index (Phi) is 5.15. The molecule has 0 fully saturated rings. The molecule has 0 atom stereocenters. The van der Waals surface area contributed by atoms with Crippen molar-refractivity contribution in [3.8, 4) is 0 Å². The molecule has 2 N–H and O–H groups in total. The summed E-state index contributed by atoms with van der Waals surface area (Å²) < 4.78 is 30.7. The van der Waals surface area contributed by atoms with Crippen molar-refractivity contribution >= 4 is 27.0 Å². The number of rotatable bonds is 7. The van der Waals surface area contributed by atoms with Gasteiger partial charge in [-0.2, -0.15) is 0 Å². The molecule has 0 saturated heterocycles. The summed E-state index contributed by atoms with van der Waals surface area (Å²) in [5.41, 5.74) is 1.73. The highest BCUT2D eigenvalue weighted by atomic mass is 32.2. The maximum atomic E-state index is 11.7. The smallest absolute Gasteiger partial charge is 0.337 e. The SMILES string of the molecule is CCCCS(=O)(=O)NCc1nc2ccc(C(=O)OC)cc2[nH]1. The predicted molar refractivity (Wildman–Crippen MR) is 83.0 cm³/mol. The molecule has 0 amide bonds. The first-order chi connectivity index (χ1) is 10.4. The quantitative estimate of drug-likeness (QED) is 0.752. The van der Waals surface area contributed by atoms with Crippen molar-refractivity contribution < 1.29 is 17.9 Å². The standard InChI is InChI=1S/C14H19N3O4S/c1-3-4-7-22(19,20)15-9-13-16-11-6-5-10(14(18)21-2)8-12(11)17-13/h5-6,8,15H,3-4,7,9H2,1-2H3,(H,16,17). The van der Waals surface area contributed by atoms with E-state index < -0.39 is 16.0 Å². The van der Waals surface area contributed by atoms with Crippen molar-refractivity contribution in [2.24, 2.45) is 0 Å². The van der Waals surface area contributed by atoms with Crippen LogP contribution in [0.2, 0.25) is 0 Å². The van der Waals surface area contributed by atoms with Gasteiger partial charge in [0, 0.05) is 0 Å². The minimum atomic E-state index is -3.29. The summed E-state index contributed by atoms with van der Waals surface area (Å²) in [4.78, 5) is 18.8. The lowest BCUT2D eigenvalue weighted by Gasteiger charge is -2.03. The van der Waals surface area contributed by atoms with Gasteiger partial charge in [-0.25, -0.2) is 22.9 Å². The number of hydrogen-bond acceptors (Lipinski definition) is 5. The second-order valence-electron chi connectivity index (χ2n) is 4.90. The van der Waals surface area contributed by atoms with E-state index in [1.807, 2.05) is 6.92 Å². The third-order valence-corrected chi connectivity index (χ3v) is 4.59. The van der Waals surface area contributed by atoms with Gasteiger partial charge in [0.2, 0.25) is 10.0 Å². The molecule has 8 heteroatoms. The Bertz CT molecular complexity index is 767. The van der Waals surface area contributed by atoms with E-state index in [2.05, 4.69) is 19.4 Å². The van der Waals surface area contributed by atoms with Crippen molar-refractivity contribution in [2.75, 3.05) is 12.9 Å². The zero-order chi connectivity index (χ0) is 16.2. The molecule has 0 aliphatic rings. The number of nitrogens with one attached hydrogen (secondary N) is 2. The summed E-state index contributed by atoms with van der Waals surface area (Å²) in [5.74, 6) is 0.173. The molecule has 1 aromatic carbocycles. The van der Waals surface area contributed by atoms with Crippen LogP contribution in [-0.2, 0) is 21.3 Å². The summed E-state index contributed by atoms with van der Waals surface area (Å²) in [5, 5.41) is 0. The molecule has 7 nitrogen and oxygen atoms in total. The van der Waals surface area contributed by atoms with Gasteiger partial charge >= 0.3 is 5.97 Å². The number of unbranched alkanes of at least 4 members (excludes halogenated alkanes) is 1. The van der Waals surface area contributed by atoms with Crippen LogP contribution in [0.15, 0.2) is 18.2 Å². The number of fused-ring (bicyclic) bond motifs is 1. The van der Waals surface area contributed by atoms with Gasteiger partial charge in [-0.3, -0.25) is 0 Å². The average Bonchev–Trinajstić information content (AvgIpc) is 2.92. The van der Waals surface area contributed by atoms with Crippen LogP contribution in [0.25, 0.3) is 11.0 Å². The molecule has 120 valence electrons. The van der Waals surface area contributed by atoms with Crippen LogP contribution in [-0.4, -0.2) is 37.2 Å². The minimum Gasteiger partial charge on any atom is -0.465 e. The monoisotopic (exact) mass is 325 g/mol. The molecule has 0 aliphatic carbocycles. The highest BCUT2D eigenvalue weighted by Crippen LogP contribution is 2.14. The van der Waals surface area contributed by atoms with Crippen molar-refractivity contribution in [2.45, 2.75) is 26.3 Å². The summed E-state index contributed by atoms with van der Waals surface area (Å²) in [7, 11) is -1.97. The van der Waals surface area contributed by atoms with E-state index in [4.69, 9.17) is 0 Å². The van der Waals surface area contributed by atoms with Gasteiger partial charge in [0.15, 0.2) is 0 Å². The van der Waals surface area contributed by atoms with Gasteiger partial charge < -0.3 is 9.72 Å². The zero-order valence-corrected chi connectivity index (χ0v) is 13.4. The number of nitrogens with zero attached hydrogens (tertiary/aromatic N) is 1. The predicted octanol–water partition coefficient (Wildman–Crippen LogP) is 1.57. The van der Waals surface area contributed by atoms with Crippen LogP contribution in [0.1, 0.15) is 35.9 Å². The Balaban J connectivity index is 2.11. The van der Waals surface area contributed by atoms with E-state index in [1.165, 1.54) is 7.11 Å². The fourth-order valence-corrected chi connectivity index (χ4v) is 3.15. The van der Waals surface area contributed by atoms with E-state index in [0.717, 1.165) is 6.42 Å². The van der Waals surface area contributed by atoms with Crippen LogP contribution in [0.3, 0.4) is 0 Å². The molecular weight excluding hydrogens is 306 g/mol. The van der Waals surface area contributed by atoms with Gasteiger partial charge in [-0.1, -0.05) is 13.3 Å². The van der Waals surface area contributed by atoms with Gasteiger partial charge in [-0.05, 0) is 24.6 Å². The highest BCUT2D eigenvalue weighted by molar-refractivity contribution is 7.89. The number of carbonyl (C=O) groups excluding carboxylic acids is 1. The lowest BCUT2D eigenvalue weighted by Crippen LogP contribution is -2.26. The van der Waals surface area contributed by atoms with E-state index in [0.29, 0.717) is 28.8 Å². The number of esters is 1. The molecule has 2 rings (SSSR count). The molecule has 1 heterocycles. The van der Waals surface area contributed by atoms with Crippen LogP contribution >= 0.6 is 0 Å². The Hall–Kier alpha value is -1.93. The second-order valence-corrected chi connectivity index (χ2v) is 6.83. The summed E-state index contributed by atoms with van der Waals surface area (Å²) in [6.45, 7) is 2.03. The van der Waals surface area contributed by atoms with Gasteiger partial charge in [-0.15, -0.1) is 0 Å². The first kappa shape index (κ1) is 16.4. The summed E-state index contributed by atoms with van der Waals surface area (Å²) in [6, 6.07) is 4.93. The Morgan fingerprint density at radius 1 is 1.41 bits per heavy atom. The van der Waals surface area contributed by atoms with E-state index in [9.17, 15) is 13.2 Å². The van der Waals surface area contributed by atoms with Gasteiger partial charge in [0.05, 0.1) is 36.0 Å². The Morgan fingerprint density at radius 2 is 2.18 bits per heavy atom. The maximum absolute atomic E-state index is 11.7. The third-order valence-electron chi connectivity index (χ3n) is 3.18. The van der Waals surface area contributed by atoms with Gasteiger partial charge in [0.1, 0.15) is 5.82 Å². The molecule has 0 bridgehead atoms. The normalized spacial score (nSPS) is 11.7. The van der Waals surface area contributed by atoms with E-state index in [-0.39, 0.29) is 12.3 Å². The minimum absolute atomic E-state index is 0.0916. The van der Waals surface area contributed by atoms with E-state index >= 15 is 0 Å². The molecule has 22 heavy (non-hydrogen) atoms. The first-order valence-electron chi connectivity index (χ1n) is 6.99. The molecule has 0 unspecified atom stereocenters. The van der Waals surface area contributed by atoms with Crippen LogP contribution in [0, 0.1) is 0 Å². The number of aromatic nitrogens is 2. The number of ether oxygens (including phenoxy) is 1. The number of sulfonamides is 1.